The van der Waals surface area contributed by atoms with Gasteiger partial charge in [0.15, 0.2) is 0 Å². The van der Waals surface area contributed by atoms with Gasteiger partial charge < -0.3 is 5.32 Å². The summed E-state index contributed by atoms with van der Waals surface area (Å²) in [7, 11) is -3.41. The highest BCUT2D eigenvalue weighted by molar-refractivity contribution is 7.98. The maximum Gasteiger partial charge on any atom is 0.240 e. The summed E-state index contributed by atoms with van der Waals surface area (Å²) in [5.74, 6) is 0.959. The molecular weight excluding hydrogens is 304 g/mol. The van der Waals surface area contributed by atoms with E-state index in [0.717, 1.165) is 30.7 Å². The first kappa shape index (κ1) is 18.5. The Kier molecular flexibility index (Phi) is 8.33. The third-order valence-electron chi connectivity index (χ3n) is 3.25. The lowest BCUT2D eigenvalue weighted by molar-refractivity contribution is 0.535. The maximum atomic E-state index is 12.3. The van der Waals surface area contributed by atoms with Gasteiger partial charge in [-0.25, -0.2) is 13.1 Å². The summed E-state index contributed by atoms with van der Waals surface area (Å²) in [4.78, 5) is 0.348. The number of sulfonamides is 1. The fraction of sp³-hybridized carbons (Fsp3) is 0.600. The molecular formula is C15H26N2O2S2. The van der Waals surface area contributed by atoms with E-state index in [1.54, 1.807) is 23.9 Å². The standard InChI is InChI=1S/C15H26N2O2S2/c1-4-15(16-5-2)13-8-6-9-14(12-13)21(18,19)17-10-7-11-20-3/h6,8-9,12,15-17H,4-5,7,10-11H2,1-3H3. The summed E-state index contributed by atoms with van der Waals surface area (Å²) in [6, 6.07) is 7.41. The van der Waals surface area contributed by atoms with Crippen LogP contribution in [0.25, 0.3) is 0 Å². The van der Waals surface area contributed by atoms with Crippen molar-refractivity contribution in [2.75, 3.05) is 25.1 Å². The van der Waals surface area contributed by atoms with Crippen LogP contribution in [0.2, 0.25) is 0 Å². The van der Waals surface area contributed by atoms with Crippen molar-refractivity contribution in [3.05, 3.63) is 29.8 Å². The molecule has 0 amide bonds. The van der Waals surface area contributed by atoms with Gasteiger partial charge in [0.05, 0.1) is 4.90 Å². The number of thioether (sulfide) groups is 1. The first-order valence-corrected chi connectivity index (χ1v) is 10.2. The molecule has 0 fully saturated rings. The zero-order valence-corrected chi connectivity index (χ0v) is 14.7. The Morgan fingerprint density at radius 2 is 2.05 bits per heavy atom. The van der Waals surface area contributed by atoms with E-state index >= 15 is 0 Å². The van der Waals surface area contributed by atoms with Crippen LogP contribution < -0.4 is 10.0 Å². The summed E-state index contributed by atoms with van der Waals surface area (Å²) in [5, 5.41) is 3.37. The Bertz CT molecular complexity index is 518. The van der Waals surface area contributed by atoms with E-state index in [1.807, 2.05) is 18.4 Å². The van der Waals surface area contributed by atoms with Crippen molar-refractivity contribution in [3.8, 4) is 0 Å². The van der Waals surface area contributed by atoms with Crippen molar-refractivity contribution in [2.45, 2.75) is 37.6 Å². The van der Waals surface area contributed by atoms with E-state index in [0.29, 0.717) is 11.4 Å². The summed E-state index contributed by atoms with van der Waals surface area (Å²) < 4.78 is 27.2. The average molecular weight is 331 g/mol. The molecule has 1 aromatic carbocycles. The lowest BCUT2D eigenvalue weighted by Crippen LogP contribution is -2.26. The first-order chi connectivity index (χ1) is 10.0. The fourth-order valence-electron chi connectivity index (χ4n) is 2.15. The highest BCUT2D eigenvalue weighted by Crippen LogP contribution is 2.20. The van der Waals surface area contributed by atoms with Crippen molar-refractivity contribution in [1.82, 2.24) is 10.0 Å². The highest BCUT2D eigenvalue weighted by atomic mass is 32.2. The van der Waals surface area contributed by atoms with Gasteiger partial charge in [-0.05, 0) is 49.1 Å². The number of hydrogen-bond donors (Lipinski definition) is 2. The van der Waals surface area contributed by atoms with Gasteiger partial charge in [0.2, 0.25) is 10.0 Å². The third-order valence-corrected chi connectivity index (χ3v) is 5.40. The van der Waals surface area contributed by atoms with Crippen LogP contribution in [0.1, 0.15) is 38.3 Å². The van der Waals surface area contributed by atoms with Crippen molar-refractivity contribution in [3.63, 3.8) is 0 Å². The Morgan fingerprint density at radius 1 is 1.29 bits per heavy atom. The molecule has 6 heteroatoms. The lowest BCUT2D eigenvalue weighted by Gasteiger charge is -2.17. The monoisotopic (exact) mass is 330 g/mol. The number of nitrogens with one attached hydrogen (secondary N) is 2. The van der Waals surface area contributed by atoms with Crippen LogP contribution in [-0.2, 0) is 10.0 Å². The molecule has 0 saturated heterocycles. The van der Waals surface area contributed by atoms with E-state index in [4.69, 9.17) is 0 Å². The molecule has 1 atom stereocenters. The summed E-state index contributed by atoms with van der Waals surface area (Å²) >= 11 is 1.72. The predicted molar refractivity (Wildman–Crippen MR) is 91.3 cm³/mol. The lowest BCUT2D eigenvalue weighted by atomic mass is 10.0. The molecule has 0 radical (unpaired) electrons. The molecule has 0 aromatic heterocycles. The molecule has 0 spiro atoms. The molecule has 1 rings (SSSR count). The van der Waals surface area contributed by atoms with E-state index in [1.165, 1.54) is 0 Å². The first-order valence-electron chi connectivity index (χ1n) is 7.37. The summed E-state index contributed by atoms with van der Waals surface area (Å²) in [5.41, 5.74) is 1.02. The van der Waals surface area contributed by atoms with Crippen LogP contribution >= 0.6 is 11.8 Å². The Morgan fingerprint density at radius 3 is 2.67 bits per heavy atom. The van der Waals surface area contributed by atoms with Gasteiger partial charge >= 0.3 is 0 Å². The van der Waals surface area contributed by atoms with Crippen molar-refractivity contribution >= 4 is 21.8 Å². The molecule has 120 valence electrons. The van der Waals surface area contributed by atoms with Crippen LogP contribution in [0.5, 0.6) is 0 Å². The Balaban J connectivity index is 2.82. The van der Waals surface area contributed by atoms with Crippen molar-refractivity contribution in [1.29, 1.82) is 0 Å². The van der Waals surface area contributed by atoms with E-state index in [2.05, 4.69) is 23.9 Å². The van der Waals surface area contributed by atoms with Gasteiger partial charge in [0.1, 0.15) is 0 Å². The maximum absolute atomic E-state index is 12.3. The zero-order chi connectivity index (χ0) is 15.7. The molecule has 2 N–H and O–H groups in total. The van der Waals surface area contributed by atoms with Crippen LogP contribution in [0.15, 0.2) is 29.2 Å². The zero-order valence-electron chi connectivity index (χ0n) is 13.1. The van der Waals surface area contributed by atoms with Crippen LogP contribution in [0.4, 0.5) is 0 Å². The van der Waals surface area contributed by atoms with E-state index in [-0.39, 0.29) is 6.04 Å². The molecule has 4 nitrogen and oxygen atoms in total. The number of rotatable bonds is 10. The van der Waals surface area contributed by atoms with E-state index in [9.17, 15) is 8.42 Å². The van der Waals surface area contributed by atoms with Gasteiger partial charge in [-0.15, -0.1) is 0 Å². The second-order valence-corrected chi connectivity index (χ2v) is 7.59. The molecule has 0 aliphatic heterocycles. The molecule has 0 bridgehead atoms. The normalized spacial score (nSPS) is 13.3. The van der Waals surface area contributed by atoms with Gasteiger partial charge in [0.25, 0.3) is 0 Å². The van der Waals surface area contributed by atoms with Gasteiger partial charge in [0, 0.05) is 12.6 Å². The van der Waals surface area contributed by atoms with Crippen molar-refractivity contribution < 1.29 is 8.42 Å². The Hall–Kier alpha value is -0.560. The highest BCUT2D eigenvalue weighted by Gasteiger charge is 2.16. The van der Waals surface area contributed by atoms with Crippen LogP contribution in [-0.4, -0.2) is 33.5 Å². The molecule has 0 saturated carbocycles. The number of benzene rings is 1. The summed E-state index contributed by atoms with van der Waals surface area (Å²) in [6.45, 7) is 5.49. The van der Waals surface area contributed by atoms with Gasteiger partial charge in [-0.2, -0.15) is 11.8 Å². The molecule has 1 aromatic rings. The average Bonchev–Trinajstić information content (AvgIpc) is 2.49. The summed E-state index contributed by atoms with van der Waals surface area (Å²) in [6.07, 6.45) is 3.79. The molecule has 21 heavy (non-hydrogen) atoms. The molecule has 0 heterocycles. The number of hydrogen-bond acceptors (Lipinski definition) is 4. The topological polar surface area (TPSA) is 58.2 Å². The van der Waals surface area contributed by atoms with Gasteiger partial charge in [-0.1, -0.05) is 26.0 Å². The minimum absolute atomic E-state index is 0.196. The second kappa shape index (κ2) is 9.46. The van der Waals surface area contributed by atoms with Crippen molar-refractivity contribution in [2.24, 2.45) is 0 Å². The second-order valence-electron chi connectivity index (χ2n) is 4.84. The minimum atomic E-state index is -3.41. The fourth-order valence-corrected chi connectivity index (χ4v) is 3.71. The molecule has 1 unspecified atom stereocenters. The molecule has 0 aliphatic carbocycles. The smallest absolute Gasteiger partial charge is 0.240 e. The third kappa shape index (κ3) is 5.98. The minimum Gasteiger partial charge on any atom is -0.310 e. The van der Waals surface area contributed by atoms with Crippen LogP contribution in [0, 0.1) is 0 Å². The predicted octanol–water partition coefficient (Wildman–Crippen LogP) is 2.78. The van der Waals surface area contributed by atoms with Crippen LogP contribution in [0.3, 0.4) is 0 Å². The quantitative estimate of drug-likeness (QED) is 0.648. The molecule has 0 aliphatic rings. The Labute approximate surface area is 133 Å². The largest absolute Gasteiger partial charge is 0.310 e. The SMILES string of the molecule is CCNC(CC)c1cccc(S(=O)(=O)NCCCSC)c1. The van der Waals surface area contributed by atoms with E-state index < -0.39 is 10.0 Å². The van der Waals surface area contributed by atoms with Gasteiger partial charge in [-0.3, -0.25) is 0 Å².